The summed E-state index contributed by atoms with van der Waals surface area (Å²) in [6, 6.07) is 0. The van der Waals surface area contributed by atoms with Gasteiger partial charge in [-0.05, 0) is 41.5 Å². The number of anilines is 1. The molecule has 0 heterocycles. The highest BCUT2D eigenvalue weighted by Crippen LogP contribution is 2.39. The zero-order valence-electron chi connectivity index (χ0n) is 8.45. The van der Waals surface area contributed by atoms with Crippen LogP contribution in [0.2, 0.25) is 0 Å². The maximum atomic E-state index is 14.0. The summed E-state index contributed by atoms with van der Waals surface area (Å²) in [6.07, 6.45) is 2.14. The van der Waals surface area contributed by atoms with E-state index >= 15 is 0 Å². The third kappa shape index (κ3) is 1.12. The third-order valence-corrected chi connectivity index (χ3v) is 3.61. The zero-order valence-corrected chi connectivity index (χ0v) is 8.45. The van der Waals surface area contributed by atoms with Gasteiger partial charge >= 0.3 is 0 Å². The van der Waals surface area contributed by atoms with Gasteiger partial charge in [0.05, 0.1) is 0 Å². The van der Waals surface area contributed by atoms with Crippen molar-refractivity contribution < 1.29 is 8.78 Å². The molecule has 0 spiro atoms. The maximum Gasteiger partial charge on any atom is 0.130 e. The molecule has 0 bridgehead atoms. The molecule has 0 radical (unpaired) electrons. The number of hydrogen-bond acceptors (Lipinski definition) is 1. The fraction of sp³-hybridized carbons (Fsp3) is 0.500. The molecule has 2 aliphatic carbocycles. The van der Waals surface area contributed by atoms with E-state index in [1.807, 2.05) is 0 Å². The van der Waals surface area contributed by atoms with Gasteiger partial charge in [0.25, 0.3) is 0 Å². The van der Waals surface area contributed by atoms with Crippen molar-refractivity contribution in [2.75, 3.05) is 5.73 Å². The second-order valence-corrected chi connectivity index (χ2v) is 4.50. The number of alkyl halides is 1. The van der Waals surface area contributed by atoms with E-state index in [0.717, 1.165) is 36.0 Å². The summed E-state index contributed by atoms with van der Waals surface area (Å²) >= 11 is 0. The van der Waals surface area contributed by atoms with E-state index in [0.29, 0.717) is 17.7 Å². The van der Waals surface area contributed by atoms with Crippen molar-refractivity contribution in [3.63, 3.8) is 0 Å². The average Bonchev–Trinajstić information content (AvgIpc) is 2.79. The molecule has 3 rings (SSSR count). The normalized spacial score (nSPS) is 22.9. The third-order valence-electron chi connectivity index (χ3n) is 3.61. The van der Waals surface area contributed by atoms with Crippen molar-refractivity contribution >= 4 is 5.69 Å². The van der Waals surface area contributed by atoms with Gasteiger partial charge in [-0.2, -0.15) is 0 Å². The number of halogens is 2. The molecule has 3 heteroatoms. The quantitative estimate of drug-likeness (QED) is 0.652. The fourth-order valence-corrected chi connectivity index (χ4v) is 2.90. The number of hydrogen-bond donors (Lipinski definition) is 1. The van der Waals surface area contributed by atoms with Gasteiger partial charge in [0.1, 0.15) is 12.0 Å². The summed E-state index contributed by atoms with van der Waals surface area (Å²) in [7, 11) is 0. The lowest BCUT2D eigenvalue weighted by atomic mass is 9.98. The van der Waals surface area contributed by atoms with Crippen LogP contribution in [0, 0.1) is 5.82 Å². The van der Waals surface area contributed by atoms with Gasteiger partial charge in [-0.25, -0.2) is 8.78 Å². The van der Waals surface area contributed by atoms with Crippen molar-refractivity contribution in [3.8, 4) is 0 Å². The minimum atomic E-state index is -0.945. The topological polar surface area (TPSA) is 26.0 Å². The van der Waals surface area contributed by atoms with Crippen LogP contribution in [0.3, 0.4) is 0 Å². The highest BCUT2D eigenvalue weighted by molar-refractivity contribution is 5.64. The standard InChI is InChI=1S/C12H13F2N/c13-6-4-9-10(5-6)12(15)8-3-1-2-7(8)11(9)14/h6H,1-5,15H2/t6-/m0/s1. The first-order valence-corrected chi connectivity index (χ1v) is 5.43. The molecule has 0 fully saturated rings. The molecule has 15 heavy (non-hydrogen) atoms. The predicted molar refractivity (Wildman–Crippen MR) is 55.1 cm³/mol. The van der Waals surface area contributed by atoms with Crippen molar-refractivity contribution in [2.24, 2.45) is 0 Å². The Morgan fingerprint density at radius 3 is 2.47 bits per heavy atom. The van der Waals surface area contributed by atoms with Crippen molar-refractivity contribution in [1.82, 2.24) is 0 Å². The lowest BCUT2D eigenvalue weighted by Crippen LogP contribution is -2.04. The van der Waals surface area contributed by atoms with E-state index in [2.05, 4.69) is 0 Å². The Balaban J connectivity index is 2.27. The van der Waals surface area contributed by atoms with Crippen molar-refractivity contribution in [1.29, 1.82) is 0 Å². The largest absolute Gasteiger partial charge is 0.398 e. The molecule has 0 aliphatic heterocycles. The average molecular weight is 209 g/mol. The second-order valence-electron chi connectivity index (χ2n) is 4.50. The van der Waals surface area contributed by atoms with Crippen LogP contribution in [-0.4, -0.2) is 6.17 Å². The molecule has 0 unspecified atom stereocenters. The molecule has 0 amide bonds. The number of benzene rings is 1. The first-order valence-electron chi connectivity index (χ1n) is 5.43. The summed E-state index contributed by atoms with van der Waals surface area (Å²) in [5.74, 6) is -0.174. The van der Waals surface area contributed by atoms with Gasteiger partial charge in [0.2, 0.25) is 0 Å². The summed E-state index contributed by atoms with van der Waals surface area (Å²) in [5.41, 5.74) is 9.62. The van der Waals surface area contributed by atoms with Crippen molar-refractivity contribution in [2.45, 2.75) is 38.3 Å². The van der Waals surface area contributed by atoms with Crippen LogP contribution in [-0.2, 0) is 25.7 Å². The van der Waals surface area contributed by atoms with Gasteiger partial charge in [-0.3, -0.25) is 0 Å². The van der Waals surface area contributed by atoms with Crippen LogP contribution in [0.15, 0.2) is 0 Å². The minimum absolute atomic E-state index is 0.174. The molecule has 1 atom stereocenters. The van der Waals surface area contributed by atoms with E-state index in [9.17, 15) is 8.78 Å². The Labute approximate surface area is 87.3 Å². The van der Waals surface area contributed by atoms with Crippen LogP contribution in [0.25, 0.3) is 0 Å². The number of rotatable bonds is 0. The fourth-order valence-electron chi connectivity index (χ4n) is 2.90. The molecular formula is C12H13F2N. The minimum Gasteiger partial charge on any atom is -0.398 e. The van der Waals surface area contributed by atoms with Gasteiger partial charge < -0.3 is 5.73 Å². The zero-order chi connectivity index (χ0) is 10.6. The molecule has 1 aromatic carbocycles. The SMILES string of the molecule is Nc1c2c(c(F)c3c1C[C@@H](F)C3)CCC2. The maximum absolute atomic E-state index is 14.0. The smallest absolute Gasteiger partial charge is 0.130 e. The number of nitrogen functional groups attached to an aromatic ring is 1. The van der Waals surface area contributed by atoms with Crippen molar-refractivity contribution in [3.05, 3.63) is 28.1 Å². The lowest BCUT2D eigenvalue weighted by Gasteiger charge is -2.11. The monoisotopic (exact) mass is 209 g/mol. The number of nitrogens with two attached hydrogens (primary N) is 1. The Bertz CT molecular complexity index is 401. The molecule has 0 aromatic heterocycles. The molecular weight excluding hydrogens is 196 g/mol. The molecule has 0 saturated carbocycles. The number of fused-ring (bicyclic) bond motifs is 2. The highest BCUT2D eigenvalue weighted by atomic mass is 19.1. The van der Waals surface area contributed by atoms with Gasteiger partial charge in [0, 0.05) is 18.5 Å². The Hall–Kier alpha value is -1.12. The van der Waals surface area contributed by atoms with Crippen LogP contribution in [0.1, 0.15) is 28.7 Å². The first kappa shape index (κ1) is 9.13. The molecule has 80 valence electrons. The van der Waals surface area contributed by atoms with Crippen LogP contribution >= 0.6 is 0 Å². The van der Waals surface area contributed by atoms with E-state index in [1.165, 1.54) is 0 Å². The molecule has 1 aromatic rings. The van der Waals surface area contributed by atoms with Crippen LogP contribution in [0.5, 0.6) is 0 Å². The van der Waals surface area contributed by atoms with Gasteiger partial charge in [-0.15, -0.1) is 0 Å². The van der Waals surface area contributed by atoms with E-state index < -0.39 is 6.17 Å². The summed E-state index contributed by atoms with van der Waals surface area (Å²) in [5, 5.41) is 0. The van der Waals surface area contributed by atoms with E-state index in [1.54, 1.807) is 0 Å². The highest BCUT2D eigenvalue weighted by Gasteiger charge is 2.31. The summed E-state index contributed by atoms with van der Waals surface area (Å²) < 4.78 is 27.2. The predicted octanol–water partition coefficient (Wildman–Crippen LogP) is 2.33. The van der Waals surface area contributed by atoms with E-state index in [4.69, 9.17) is 5.73 Å². The van der Waals surface area contributed by atoms with Crippen LogP contribution in [0.4, 0.5) is 14.5 Å². The first-order chi connectivity index (χ1) is 7.18. The second kappa shape index (κ2) is 2.94. The molecule has 2 N–H and O–H groups in total. The Kier molecular flexibility index (Phi) is 1.79. The molecule has 1 nitrogen and oxygen atoms in total. The van der Waals surface area contributed by atoms with Gasteiger partial charge in [-0.1, -0.05) is 0 Å². The lowest BCUT2D eigenvalue weighted by molar-refractivity contribution is 0.347. The Morgan fingerprint density at radius 1 is 1.00 bits per heavy atom. The molecule has 0 saturated heterocycles. The summed E-state index contributed by atoms with van der Waals surface area (Å²) in [4.78, 5) is 0. The van der Waals surface area contributed by atoms with E-state index in [-0.39, 0.29) is 12.2 Å². The Morgan fingerprint density at radius 2 is 1.67 bits per heavy atom. The summed E-state index contributed by atoms with van der Waals surface area (Å²) in [6.45, 7) is 0. The molecule has 2 aliphatic rings. The van der Waals surface area contributed by atoms with Gasteiger partial charge in [0.15, 0.2) is 0 Å². The van der Waals surface area contributed by atoms with Crippen LogP contribution < -0.4 is 5.73 Å².